The molecule has 4 aromatic carbocycles. The highest BCUT2D eigenvalue weighted by atomic mass is 32.2. The molecule has 57 heavy (non-hydrogen) atoms. The molecule has 0 aliphatic rings. The molecule has 0 saturated carbocycles. The highest BCUT2D eigenvalue weighted by Gasteiger charge is 2.37. The Bertz CT molecular complexity index is 2140. The summed E-state index contributed by atoms with van der Waals surface area (Å²) in [6.45, 7) is 0. The Morgan fingerprint density at radius 1 is 0.754 bits per heavy atom. The number of ether oxygens (including phenoxy) is 1. The molecule has 0 radical (unpaired) electrons. The molecule has 10 nitrogen and oxygen atoms in total. The number of alkyl halides is 3. The number of amidine groups is 1. The predicted molar refractivity (Wildman–Crippen MR) is 210 cm³/mol. The SMILES string of the molecule is COC(=O)c1cccc(CS(=O)(=O)C[C@H](CCCc2ccccc2)C(=O)N[C@@H](Cc2cccc(CCC(=O)C(F)(F)F)c2)C(=O)CCc2ccc(C(=N)N)cc2)c1. The Labute approximate surface area is 330 Å². The number of Topliss-reactive ketones (excluding diaryl/α,β-unsaturated/α-hetero) is 2. The van der Waals surface area contributed by atoms with Crippen molar-refractivity contribution in [3.8, 4) is 0 Å². The lowest BCUT2D eigenvalue weighted by atomic mass is 9.94. The van der Waals surface area contributed by atoms with Gasteiger partial charge in [0.15, 0.2) is 15.6 Å². The summed E-state index contributed by atoms with van der Waals surface area (Å²) >= 11 is 0. The van der Waals surface area contributed by atoms with E-state index in [0.717, 1.165) is 11.1 Å². The Kier molecular flexibility index (Phi) is 15.9. The Balaban J connectivity index is 1.58. The van der Waals surface area contributed by atoms with E-state index in [1.165, 1.54) is 25.3 Å². The van der Waals surface area contributed by atoms with Gasteiger partial charge in [0.1, 0.15) is 5.84 Å². The number of hydrogen-bond donors (Lipinski definition) is 3. The van der Waals surface area contributed by atoms with Gasteiger partial charge in [-0.15, -0.1) is 0 Å². The zero-order valence-corrected chi connectivity index (χ0v) is 32.3. The molecule has 302 valence electrons. The fourth-order valence-electron chi connectivity index (χ4n) is 6.39. The molecular formula is C43H46F3N3O7S. The lowest BCUT2D eigenvalue weighted by Crippen LogP contribution is -2.46. The molecule has 0 bridgehead atoms. The van der Waals surface area contributed by atoms with Crippen LogP contribution in [0.2, 0.25) is 0 Å². The normalized spacial score (nSPS) is 12.6. The van der Waals surface area contributed by atoms with Crippen molar-refractivity contribution < 1.29 is 45.5 Å². The van der Waals surface area contributed by atoms with Crippen molar-refractivity contribution >= 4 is 39.1 Å². The molecule has 0 aliphatic heterocycles. The average molecular weight is 806 g/mol. The highest BCUT2D eigenvalue weighted by Crippen LogP contribution is 2.22. The molecule has 2 atom stereocenters. The van der Waals surface area contributed by atoms with Crippen LogP contribution in [0.15, 0.2) is 103 Å². The largest absolute Gasteiger partial charge is 0.465 e. The van der Waals surface area contributed by atoms with Crippen molar-refractivity contribution in [3.05, 3.63) is 142 Å². The van der Waals surface area contributed by atoms with Gasteiger partial charge in [-0.25, -0.2) is 13.2 Å². The van der Waals surface area contributed by atoms with E-state index in [1.54, 1.807) is 54.6 Å². The number of aryl methyl sites for hydroxylation is 3. The van der Waals surface area contributed by atoms with Crippen LogP contribution in [0, 0.1) is 11.3 Å². The number of benzene rings is 4. The third-order valence-corrected chi connectivity index (χ3v) is 11.1. The lowest BCUT2D eigenvalue weighted by molar-refractivity contribution is -0.171. The minimum absolute atomic E-state index is 0.0162. The Morgan fingerprint density at radius 2 is 1.37 bits per heavy atom. The van der Waals surface area contributed by atoms with Crippen LogP contribution in [0.3, 0.4) is 0 Å². The van der Waals surface area contributed by atoms with Crippen LogP contribution in [-0.2, 0) is 60.4 Å². The molecule has 0 saturated heterocycles. The van der Waals surface area contributed by atoms with Crippen molar-refractivity contribution in [1.82, 2.24) is 5.32 Å². The van der Waals surface area contributed by atoms with Crippen molar-refractivity contribution in [1.29, 1.82) is 5.41 Å². The number of rotatable bonds is 21. The number of carbonyl (C=O) groups is 4. The van der Waals surface area contributed by atoms with Crippen molar-refractivity contribution in [2.75, 3.05) is 12.9 Å². The van der Waals surface area contributed by atoms with Crippen LogP contribution < -0.4 is 11.1 Å². The number of halogens is 3. The van der Waals surface area contributed by atoms with E-state index >= 15 is 0 Å². The lowest BCUT2D eigenvalue weighted by Gasteiger charge is -2.23. The van der Waals surface area contributed by atoms with Crippen LogP contribution in [0.25, 0.3) is 0 Å². The smallest absolute Gasteiger partial charge is 0.449 e. The van der Waals surface area contributed by atoms with E-state index in [2.05, 4.69) is 5.32 Å². The molecule has 0 fully saturated rings. The minimum Gasteiger partial charge on any atom is -0.465 e. The molecule has 0 aliphatic carbocycles. The number of sulfone groups is 1. The predicted octanol–water partition coefficient (Wildman–Crippen LogP) is 6.30. The highest BCUT2D eigenvalue weighted by molar-refractivity contribution is 7.90. The van der Waals surface area contributed by atoms with Gasteiger partial charge in [0.05, 0.1) is 36.1 Å². The van der Waals surface area contributed by atoms with Gasteiger partial charge in [0.25, 0.3) is 0 Å². The summed E-state index contributed by atoms with van der Waals surface area (Å²) in [7, 11) is -2.74. The van der Waals surface area contributed by atoms with Gasteiger partial charge >= 0.3 is 12.1 Å². The summed E-state index contributed by atoms with van der Waals surface area (Å²) in [5.41, 5.74) is 9.32. The Morgan fingerprint density at radius 3 is 2.04 bits per heavy atom. The molecule has 0 unspecified atom stereocenters. The van der Waals surface area contributed by atoms with E-state index < -0.39 is 63.6 Å². The second-order valence-electron chi connectivity index (χ2n) is 13.9. The van der Waals surface area contributed by atoms with E-state index in [9.17, 15) is 40.8 Å². The molecule has 1 amide bonds. The molecule has 14 heteroatoms. The van der Waals surface area contributed by atoms with Gasteiger partial charge in [0.2, 0.25) is 11.7 Å². The average Bonchev–Trinajstić information content (AvgIpc) is 3.18. The van der Waals surface area contributed by atoms with Crippen LogP contribution in [0.1, 0.15) is 69.4 Å². The second kappa shape index (κ2) is 20.5. The van der Waals surface area contributed by atoms with Crippen LogP contribution in [-0.4, -0.2) is 62.8 Å². The zero-order valence-electron chi connectivity index (χ0n) is 31.5. The number of ketones is 2. The first kappa shape index (κ1) is 44.1. The number of hydrogen-bond acceptors (Lipinski definition) is 8. The summed E-state index contributed by atoms with van der Waals surface area (Å²) in [6, 6.07) is 27.6. The minimum atomic E-state index is -4.95. The quantitative estimate of drug-likeness (QED) is 0.0500. The molecule has 4 rings (SSSR count). The first-order chi connectivity index (χ1) is 27.0. The van der Waals surface area contributed by atoms with Crippen molar-refractivity contribution in [2.45, 2.75) is 69.3 Å². The number of carbonyl (C=O) groups excluding carboxylic acids is 4. The van der Waals surface area contributed by atoms with Crippen molar-refractivity contribution in [3.63, 3.8) is 0 Å². The number of nitrogens with one attached hydrogen (secondary N) is 2. The maximum absolute atomic E-state index is 14.2. The molecule has 0 aromatic heterocycles. The fourth-order valence-corrected chi connectivity index (χ4v) is 8.12. The summed E-state index contributed by atoms with van der Waals surface area (Å²) in [5, 5.41) is 10.4. The summed E-state index contributed by atoms with van der Waals surface area (Å²) < 4.78 is 70.7. The molecule has 0 spiro atoms. The van der Waals surface area contributed by atoms with Crippen LogP contribution in [0.4, 0.5) is 13.2 Å². The number of methoxy groups -OCH3 is 1. The summed E-state index contributed by atoms with van der Waals surface area (Å²) in [4.78, 5) is 51.7. The number of amides is 1. The van der Waals surface area contributed by atoms with E-state index in [-0.39, 0.29) is 49.3 Å². The first-order valence-electron chi connectivity index (χ1n) is 18.4. The van der Waals surface area contributed by atoms with E-state index in [0.29, 0.717) is 35.1 Å². The summed E-state index contributed by atoms with van der Waals surface area (Å²) in [6.07, 6.45) is -4.46. The van der Waals surface area contributed by atoms with Gasteiger partial charge in [-0.05, 0) is 78.5 Å². The molecular weight excluding hydrogens is 760 g/mol. The van der Waals surface area contributed by atoms with Gasteiger partial charge in [-0.1, -0.05) is 91.0 Å². The monoisotopic (exact) mass is 805 g/mol. The topological polar surface area (TPSA) is 174 Å². The maximum Gasteiger partial charge on any atom is 0.449 e. The van der Waals surface area contributed by atoms with Crippen LogP contribution in [0.5, 0.6) is 0 Å². The fraction of sp³-hybridized carbons (Fsp3) is 0.326. The second-order valence-corrected chi connectivity index (χ2v) is 16.0. The van der Waals surface area contributed by atoms with Gasteiger partial charge < -0.3 is 15.8 Å². The van der Waals surface area contributed by atoms with E-state index in [4.69, 9.17) is 15.9 Å². The number of nitrogens with two attached hydrogens (primary N) is 1. The number of nitrogen functional groups attached to an aromatic ring is 1. The van der Waals surface area contributed by atoms with Crippen molar-refractivity contribution in [2.24, 2.45) is 11.7 Å². The van der Waals surface area contributed by atoms with Gasteiger partial charge in [0, 0.05) is 18.4 Å². The molecule has 4 N–H and O–H groups in total. The number of esters is 1. The molecule has 4 aromatic rings. The van der Waals surface area contributed by atoms with Crippen LogP contribution >= 0.6 is 0 Å². The maximum atomic E-state index is 14.2. The standard InChI is InChI=1S/C43H46F3N3O7S/c1-56-42(53)35-14-7-13-33(25-35)27-57(54,55)28-36(15-6-10-29-8-3-2-4-9-29)41(52)49-37(38(50)22-18-30-16-20-34(21-17-30)40(47)48)26-32-12-5-11-31(24-32)19-23-39(51)43(44,45)46/h2-5,7-9,11-14,16-17,20-21,24-25,36-37H,6,10,15,18-19,22-23,26-28H2,1H3,(H3,47,48)(H,49,52)/t36-,37-/m0/s1. The van der Waals surface area contributed by atoms with E-state index in [1.807, 2.05) is 30.3 Å². The third-order valence-electron chi connectivity index (χ3n) is 9.44. The van der Waals surface area contributed by atoms with Gasteiger partial charge in [-0.3, -0.25) is 19.8 Å². The molecule has 0 heterocycles. The van der Waals surface area contributed by atoms with Gasteiger partial charge in [-0.2, -0.15) is 13.2 Å². The Hall–Kier alpha value is -5.63. The third kappa shape index (κ3) is 14.4. The summed E-state index contributed by atoms with van der Waals surface area (Å²) in [5.74, 6) is -5.65. The first-order valence-corrected chi connectivity index (χ1v) is 20.2. The zero-order chi connectivity index (χ0) is 41.6.